The van der Waals surface area contributed by atoms with Gasteiger partial charge in [0.15, 0.2) is 0 Å². The molecule has 0 atom stereocenters. The van der Waals surface area contributed by atoms with E-state index in [9.17, 15) is 4.79 Å². The van der Waals surface area contributed by atoms with Crippen LogP contribution in [-0.4, -0.2) is 42.7 Å². The molecule has 5 nitrogen and oxygen atoms in total. The number of anilines is 1. The predicted octanol–water partition coefficient (Wildman–Crippen LogP) is 1.83. The van der Waals surface area contributed by atoms with E-state index >= 15 is 0 Å². The van der Waals surface area contributed by atoms with Crippen LogP contribution >= 0.6 is 0 Å². The number of nitrogens with two attached hydrogens (primary N) is 1. The summed E-state index contributed by atoms with van der Waals surface area (Å²) < 4.78 is 5.60. The van der Waals surface area contributed by atoms with E-state index in [1.54, 1.807) is 7.05 Å². The fraction of sp³-hybridized carbons (Fsp3) is 0.562. The van der Waals surface area contributed by atoms with E-state index in [2.05, 4.69) is 6.92 Å². The first-order valence-corrected chi connectivity index (χ1v) is 7.44. The van der Waals surface area contributed by atoms with Crippen LogP contribution in [-0.2, 0) is 11.2 Å². The number of nitrogens with zero attached hydrogens (tertiary/aromatic N) is 1. The van der Waals surface area contributed by atoms with Crippen molar-refractivity contribution in [2.45, 2.75) is 32.6 Å². The Morgan fingerprint density at radius 2 is 2.19 bits per heavy atom. The van der Waals surface area contributed by atoms with Crippen molar-refractivity contribution in [3.05, 3.63) is 23.8 Å². The third kappa shape index (κ3) is 6.04. The quantitative estimate of drug-likeness (QED) is 0.538. The Kier molecular flexibility index (Phi) is 7.61. The predicted molar refractivity (Wildman–Crippen MR) is 84.3 cm³/mol. The van der Waals surface area contributed by atoms with Crippen molar-refractivity contribution in [2.75, 3.05) is 32.5 Å². The number of nitrogen functional groups attached to an aromatic ring is 1. The van der Waals surface area contributed by atoms with Crippen LogP contribution in [0.5, 0.6) is 5.75 Å². The summed E-state index contributed by atoms with van der Waals surface area (Å²) in [6, 6.07) is 5.67. The van der Waals surface area contributed by atoms with Crippen LogP contribution in [0.4, 0.5) is 5.69 Å². The first kappa shape index (κ1) is 17.3. The summed E-state index contributed by atoms with van der Waals surface area (Å²) in [5.41, 5.74) is 7.59. The molecule has 0 bridgehead atoms. The second-order valence-electron chi connectivity index (χ2n) is 5.11. The number of hydrogen-bond donors (Lipinski definition) is 2. The fourth-order valence-corrected chi connectivity index (χ4v) is 1.93. The zero-order valence-electron chi connectivity index (χ0n) is 13.0. The smallest absolute Gasteiger partial charge is 0.222 e. The van der Waals surface area contributed by atoms with Crippen molar-refractivity contribution >= 4 is 11.6 Å². The summed E-state index contributed by atoms with van der Waals surface area (Å²) in [4.78, 5) is 13.3. The molecule has 0 fully saturated rings. The summed E-state index contributed by atoms with van der Waals surface area (Å²) in [5, 5.41) is 8.80. The SMILES string of the molecule is CCCCOc1ccc(CCC(=O)N(C)CCO)cc1N. The maximum Gasteiger partial charge on any atom is 0.222 e. The number of carbonyl (C=O) groups excluding carboxylic acids is 1. The zero-order chi connectivity index (χ0) is 15.7. The van der Waals surface area contributed by atoms with Crippen LogP contribution in [0.3, 0.4) is 0 Å². The summed E-state index contributed by atoms with van der Waals surface area (Å²) >= 11 is 0. The van der Waals surface area contributed by atoms with Gasteiger partial charge in [-0.1, -0.05) is 19.4 Å². The molecular formula is C16H26N2O3. The molecule has 0 saturated carbocycles. The minimum atomic E-state index is -0.0149. The van der Waals surface area contributed by atoms with Crippen molar-refractivity contribution in [2.24, 2.45) is 0 Å². The van der Waals surface area contributed by atoms with Crippen molar-refractivity contribution in [3.63, 3.8) is 0 Å². The molecule has 1 aromatic carbocycles. The molecule has 21 heavy (non-hydrogen) atoms. The molecule has 1 aromatic rings. The third-order valence-corrected chi connectivity index (χ3v) is 3.32. The average molecular weight is 294 g/mol. The second-order valence-corrected chi connectivity index (χ2v) is 5.11. The molecule has 1 amide bonds. The lowest BCUT2D eigenvalue weighted by atomic mass is 10.1. The Morgan fingerprint density at radius 1 is 1.43 bits per heavy atom. The molecule has 0 spiro atoms. The highest BCUT2D eigenvalue weighted by Crippen LogP contribution is 2.23. The summed E-state index contributed by atoms with van der Waals surface area (Å²) in [6.45, 7) is 3.13. The molecule has 5 heteroatoms. The maximum atomic E-state index is 11.8. The number of aryl methyl sites for hydroxylation is 1. The van der Waals surface area contributed by atoms with Gasteiger partial charge in [-0.25, -0.2) is 0 Å². The van der Waals surface area contributed by atoms with Gasteiger partial charge in [-0.2, -0.15) is 0 Å². The summed E-state index contributed by atoms with van der Waals surface area (Å²) in [7, 11) is 1.69. The number of benzene rings is 1. The van der Waals surface area contributed by atoms with Crippen LogP contribution in [0, 0.1) is 0 Å². The molecule has 1 rings (SSSR count). The Bertz CT molecular complexity index is 449. The number of carbonyl (C=O) groups is 1. The number of hydrogen-bond acceptors (Lipinski definition) is 4. The van der Waals surface area contributed by atoms with Crippen LogP contribution in [0.15, 0.2) is 18.2 Å². The Labute approximate surface area is 126 Å². The first-order valence-electron chi connectivity index (χ1n) is 7.44. The van der Waals surface area contributed by atoms with Gasteiger partial charge in [-0.05, 0) is 30.5 Å². The third-order valence-electron chi connectivity index (χ3n) is 3.32. The van der Waals surface area contributed by atoms with Crippen LogP contribution in [0.1, 0.15) is 31.7 Å². The molecular weight excluding hydrogens is 268 g/mol. The van der Waals surface area contributed by atoms with Gasteiger partial charge in [0.2, 0.25) is 5.91 Å². The van der Waals surface area contributed by atoms with Crippen molar-refractivity contribution in [1.29, 1.82) is 0 Å². The van der Waals surface area contributed by atoms with E-state index in [0.717, 1.165) is 18.4 Å². The topological polar surface area (TPSA) is 75.8 Å². The zero-order valence-corrected chi connectivity index (χ0v) is 13.0. The molecule has 0 aliphatic heterocycles. The average Bonchev–Trinajstić information content (AvgIpc) is 2.47. The van der Waals surface area contributed by atoms with Gasteiger partial charge in [0.25, 0.3) is 0 Å². The lowest BCUT2D eigenvalue weighted by Gasteiger charge is -2.15. The molecule has 3 N–H and O–H groups in total. The minimum Gasteiger partial charge on any atom is -0.491 e. The number of likely N-dealkylation sites (N-methyl/N-ethyl adjacent to an activating group) is 1. The molecule has 0 aliphatic rings. The molecule has 0 saturated heterocycles. The minimum absolute atomic E-state index is 0.0149. The highest BCUT2D eigenvalue weighted by atomic mass is 16.5. The Balaban J connectivity index is 2.49. The maximum absolute atomic E-state index is 11.8. The number of amides is 1. The first-order chi connectivity index (χ1) is 10.1. The van der Waals surface area contributed by atoms with Gasteiger partial charge in [-0.15, -0.1) is 0 Å². The van der Waals surface area contributed by atoms with E-state index in [1.807, 2.05) is 18.2 Å². The van der Waals surface area contributed by atoms with E-state index in [1.165, 1.54) is 4.90 Å². The number of aliphatic hydroxyl groups excluding tert-OH is 1. The molecule has 0 aliphatic carbocycles. The van der Waals surface area contributed by atoms with Crippen LogP contribution in [0.2, 0.25) is 0 Å². The van der Waals surface area contributed by atoms with Crippen molar-refractivity contribution < 1.29 is 14.6 Å². The van der Waals surface area contributed by atoms with E-state index in [4.69, 9.17) is 15.6 Å². The summed E-state index contributed by atoms with van der Waals surface area (Å²) in [5.74, 6) is 0.724. The largest absolute Gasteiger partial charge is 0.491 e. The molecule has 0 aromatic heterocycles. The Morgan fingerprint density at radius 3 is 2.81 bits per heavy atom. The lowest BCUT2D eigenvalue weighted by Crippen LogP contribution is -2.29. The fourth-order valence-electron chi connectivity index (χ4n) is 1.93. The monoisotopic (exact) mass is 294 g/mol. The van der Waals surface area contributed by atoms with Gasteiger partial charge >= 0.3 is 0 Å². The lowest BCUT2D eigenvalue weighted by molar-refractivity contribution is -0.130. The van der Waals surface area contributed by atoms with Gasteiger partial charge < -0.3 is 20.5 Å². The normalized spacial score (nSPS) is 10.4. The Hall–Kier alpha value is -1.75. The van der Waals surface area contributed by atoms with E-state index in [0.29, 0.717) is 37.4 Å². The van der Waals surface area contributed by atoms with Crippen LogP contribution in [0.25, 0.3) is 0 Å². The highest BCUT2D eigenvalue weighted by molar-refractivity contribution is 5.76. The highest BCUT2D eigenvalue weighted by Gasteiger charge is 2.09. The second kappa shape index (κ2) is 9.23. The van der Waals surface area contributed by atoms with Gasteiger partial charge in [0.05, 0.1) is 18.9 Å². The van der Waals surface area contributed by atoms with Gasteiger partial charge in [0, 0.05) is 20.0 Å². The molecule has 118 valence electrons. The number of rotatable bonds is 9. The summed E-state index contributed by atoms with van der Waals surface area (Å²) in [6.07, 6.45) is 3.13. The number of ether oxygens (including phenoxy) is 1. The number of aliphatic hydroxyl groups is 1. The standard InChI is InChI=1S/C16H26N2O3/c1-3-4-11-21-15-7-5-13(12-14(15)17)6-8-16(20)18(2)9-10-19/h5,7,12,19H,3-4,6,8-11,17H2,1-2H3. The number of unbranched alkanes of at least 4 members (excludes halogenated alkanes) is 1. The van der Waals surface area contributed by atoms with Gasteiger partial charge in [-0.3, -0.25) is 4.79 Å². The molecule has 0 unspecified atom stereocenters. The van der Waals surface area contributed by atoms with Gasteiger partial charge in [0.1, 0.15) is 5.75 Å². The molecule has 0 radical (unpaired) electrons. The van der Waals surface area contributed by atoms with E-state index < -0.39 is 0 Å². The van der Waals surface area contributed by atoms with Crippen molar-refractivity contribution in [3.8, 4) is 5.75 Å². The van der Waals surface area contributed by atoms with Crippen LogP contribution < -0.4 is 10.5 Å². The van der Waals surface area contributed by atoms with E-state index in [-0.39, 0.29) is 12.5 Å². The molecule has 0 heterocycles. The van der Waals surface area contributed by atoms with Crippen molar-refractivity contribution in [1.82, 2.24) is 4.90 Å².